The van der Waals surface area contributed by atoms with Crippen LogP contribution >= 0.6 is 11.6 Å². The molecule has 0 radical (unpaired) electrons. The molecule has 2 heterocycles. The molecule has 0 aliphatic heterocycles. The minimum Gasteiger partial charge on any atom is -0.464 e. The highest BCUT2D eigenvalue weighted by molar-refractivity contribution is 6.34. The Bertz CT molecular complexity index is 654. The Morgan fingerprint density at radius 3 is 3.00 bits per heavy atom. The fraction of sp³-hybridized carbons (Fsp3) is 0.0833. The number of nitrogens with zero attached hydrogens (tertiary/aromatic N) is 2. The molecule has 0 bridgehead atoms. The van der Waals surface area contributed by atoms with E-state index in [0.29, 0.717) is 5.02 Å². The highest BCUT2D eigenvalue weighted by Gasteiger charge is 2.08. The number of fused-ring (bicyclic) bond motifs is 1. The molecule has 4 heteroatoms. The summed E-state index contributed by atoms with van der Waals surface area (Å²) in [6.07, 6.45) is 5.37. The number of aromatic nitrogens is 2. The first-order valence-electron chi connectivity index (χ1n) is 4.90. The molecule has 0 atom stereocenters. The standard InChI is InChI=1S/C12H9ClN2O/c1-15-7-9(6-14-15)10-5-12-8(2-3-16-12)4-11(10)13/h2-7H,1H3. The van der Waals surface area contributed by atoms with Crippen LogP contribution in [0.25, 0.3) is 22.1 Å². The Hall–Kier alpha value is -1.74. The maximum Gasteiger partial charge on any atom is 0.134 e. The zero-order valence-electron chi connectivity index (χ0n) is 8.64. The third-order valence-corrected chi connectivity index (χ3v) is 2.87. The number of aryl methyl sites for hydroxylation is 1. The third-order valence-electron chi connectivity index (χ3n) is 2.56. The average molecular weight is 233 g/mol. The van der Waals surface area contributed by atoms with E-state index in [1.54, 1.807) is 17.1 Å². The van der Waals surface area contributed by atoms with Crippen LogP contribution in [-0.2, 0) is 7.05 Å². The molecule has 0 spiro atoms. The average Bonchev–Trinajstić information content (AvgIpc) is 2.84. The molecule has 0 saturated carbocycles. The van der Waals surface area contributed by atoms with Gasteiger partial charge in [-0.2, -0.15) is 5.10 Å². The van der Waals surface area contributed by atoms with E-state index in [-0.39, 0.29) is 0 Å². The third kappa shape index (κ3) is 1.41. The topological polar surface area (TPSA) is 31.0 Å². The monoisotopic (exact) mass is 232 g/mol. The van der Waals surface area contributed by atoms with E-state index in [9.17, 15) is 0 Å². The highest BCUT2D eigenvalue weighted by Crippen LogP contribution is 2.32. The summed E-state index contributed by atoms with van der Waals surface area (Å²) in [6.45, 7) is 0. The SMILES string of the molecule is Cn1cc(-c2cc3occc3cc2Cl)cn1. The molecule has 2 aromatic heterocycles. The van der Waals surface area contributed by atoms with E-state index in [4.69, 9.17) is 16.0 Å². The Balaban J connectivity index is 2.26. The van der Waals surface area contributed by atoms with E-state index >= 15 is 0 Å². The predicted molar refractivity (Wildman–Crippen MR) is 63.4 cm³/mol. The lowest BCUT2D eigenvalue weighted by atomic mass is 10.1. The number of halogens is 1. The maximum absolute atomic E-state index is 6.23. The fourth-order valence-electron chi connectivity index (χ4n) is 1.76. The van der Waals surface area contributed by atoms with Crippen molar-refractivity contribution in [2.75, 3.05) is 0 Å². The summed E-state index contributed by atoms with van der Waals surface area (Å²) in [5, 5.41) is 5.85. The summed E-state index contributed by atoms with van der Waals surface area (Å²) in [6, 6.07) is 5.74. The second kappa shape index (κ2) is 3.39. The maximum atomic E-state index is 6.23. The van der Waals surface area contributed by atoms with Gasteiger partial charge in [-0.1, -0.05) is 11.6 Å². The molecule has 0 unspecified atom stereocenters. The van der Waals surface area contributed by atoms with Crippen LogP contribution in [-0.4, -0.2) is 9.78 Å². The van der Waals surface area contributed by atoms with Gasteiger partial charge in [0.05, 0.1) is 12.5 Å². The summed E-state index contributed by atoms with van der Waals surface area (Å²) in [7, 11) is 1.88. The molecule has 0 amide bonds. The van der Waals surface area contributed by atoms with E-state index in [0.717, 1.165) is 22.1 Å². The van der Waals surface area contributed by atoms with Crippen molar-refractivity contribution < 1.29 is 4.42 Å². The van der Waals surface area contributed by atoms with Gasteiger partial charge >= 0.3 is 0 Å². The lowest BCUT2D eigenvalue weighted by molar-refractivity contribution is 0.616. The molecular formula is C12H9ClN2O. The Kier molecular flexibility index (Phi) is 2.01. The summed E-state index contributed by atoms with van der Waals surface area (Å²) in [5.41, 5.74) is 2.77. The van der Waals surface area contributed by atoms with Crippen LogP contribution in [0.4, 0.5) is 0 Å². The van der Waals surface area contributed by atoms with Crippen molar-refractivity contribution in [3.05, 3.63) is 41.9 Å². The second-order valence-corrected chi connectivity index (χ2v) is 4.10. The number of benzene rings is 1. The first-order chi connectivity index (χ1) is 7.74. The van der Waals surface area contributed by atoms with Crippen molar-refractivity contribution in [2.24, 2.45) is 7.05 Å². The van der Waals surface area contributed by atoms with Crippen LogP contribution in [0, 0.1) is 0 Å². The highest BCUT2D eigenvalue weighted by atomic mass is 35.5. The number of hydrogen-bond acceptors (Lipinski definition) is 2. The van der Waals surface area contributed by atoms with Crippen LogP contribution in [0.15, 0.2) is 41.3 Å². The fourth-order valence-corrected chi connectivity index (χ4v) is 2.04. The van der Waals surface area contributed by atoms with Gasteiger partial charge in [-0.05, 0) is 18.2 Å². The molecule has 0 N–H and O–H groups in total. The predicted octanol–water partition coefficient (Wildman–Crippen LogP) is 3.49. The van der Waals surface area contributed by atoms with Crippen molar-refractivity contribution in [3.63, 3.8) is 0 Å². The summed E-state index contributed by atoms with van der Waals surface area (Å²) in [4.78, 5) is 0. The molecule has 16 heavy (non-hydrogen) atoms. The molecule has 80 valence electrons. The van der Waals surface area contributed by atoms with Gasteiger partial charge in [0.2, 0.25) is 0 Å². The van der Waals surface area contributed by atoms with Gasteiger partial charge in [-0.3, -0.25) is 4.68 Å². The molecule has 0 aliphatic carbocycles. The zero-order chi connectivity index (χ0) is 11.1. The van der Waals surface area contributed by atoms with Crippen LogP contribution < -0.4 is 0 Å². The van der Waals surface area contributed by atoms with Gasteiger partial charge in [-0.25, -0.2) is 0 Å². The van der Waals surface area contributed by atoms with Crippen molar-refractivity contribution in [3.8, 4) is 11.1 Å². The van der Waals surface area contributed by atoms with E-state index in [1.165, 1.54) is 0 Å². The zero-order valence-corrected chi connectivity index (χ0v) is 9.40. The molecule has 1 aromatic carbocycles. The van der Waals surface area contributed by atoms with Gasteiger partial charge in [-0.15, -0.1) is 0 Å². The first kappa shape index (κ1) is 9.48. The van der Waals surface area contributed by atoms with Gasteiger partial charge in [0.1, 0.15) is 5.58 Å². The second-order valence-electron chi connectivity index (χ2n) is 3.69. The van der Waals surface area contributed by atoms with Crippen molar-refractivity contribution >= 4 is 22.6 Å². The van der Waals surface area contributed by atoms with Crippen molar-refractivity contribution in [1.82, 2.24) is 9.78 Å². The Morgan fingerprint density at radius 2 is 2.25 bits per heavy atom. The van der Waals surface area contributed by atoms with Gasteiger partial charge in [0.15, 0.2) is 0 Å². The molecule has 3 rings (SSSR count). The Labute approximate surface area is 97.2 Å². The summed E-state index contributed by atoms with van der Waals surface area (Å²) < 4.78 is 7.10. The molecule has 3 nitrogen and oxygen atoms in total. The van der Waals surface area contributed by atoms with Crippen molar-refractivity contribution in [2.45, 2.75) is 0 Å². The molecule has 0 fully saturated rings. The number of rotatable bonds is 1. The van der Waals surface area contributed by atoms with Gasteiger partial charge in [0, 0.05) is 34.8 Å². The largest absolute Gasteiger partial charge is 0.464 e. The molecule has 3 aromatic rings. The van der Waals surface area contributed by atoms with Crippen LogP contribution in [0.3, 0.4) is 0 Å². The molecule has 0 saturated heterocycles. The number of hydrogen-bond donors (Lipinski definition) is 0. The number of furan rings is 1. The van der Waals surface area contributed by atoms with Gasteiger partial charge in [0.25, 0.3) is 0 Å². The van der Waals surface area contributed by atoms with Crippen LogP contribution in [0.2, 0.25) is 5.02 Å². The lowest BCUT2D eigenvalue weighted by Crippen LogP contribution is -1.84. The summed E-state index contributed by atoms with van der Waals surface area (Å²) in [5.74, 6) is 0. The molecule has 0 aliphatic rings. The van der Waals surface area contributed by atoms with E-state index in [1.807, 2.05) is 31.4 Å². The summed E-state index contributed by atoms with van der Waals surface area (Å²) >= 11 is 6.23. The minimum atomic E-state index is 0.710. The van der Waals surface area contributed by atoms with E-state index < -0.39 is 0 Å². The van der Waals surface area contributed by atoms with Crippen molar-refractivity contribution in [1.29, 1.82) is 0 Å². The van der Waals surface area contributed by atoms with Gasteiger partial charge < -0.3 is 4.42 Å². The Morgan fingerprint density at radius 1 is 1.38 bits per heavy atom. The smallest absolute Gasteiger partial charge is 0.134 e. The quantitative estimate of drug-likeness (QED) is 0.643. The lowest BCUT2D eigenvalue weighted by Gasteiger charge is -2.00. The van der Waals surface area contributed by atoms with E-state index in [2.05, 4.69) is 5.10 Å². The van der Waals surface area contributed by atoms with Crippen LogP contribution in [0.1, 0.15) is 0 Å². The van der Waals surface area contributed by atoms with Crippen LogP contribution in [0.5, 0.6) is 0 Å². The first-order valence-corrected chi connectivity index (χ1v) is 5.27. The normalized spacial score (nSPS) is 11.1. The minimum absolute atomic E-state index is 0.710. The molecular weight excluding hydrogens is 224 g/mol.